The minimum atomic E-state index is -1.52. The van der Waals surface area contributed by atoms with Crippen LogP contribution in [0.15, 0.2) is 53.0 Å². The Morgan fingerprint density at radius 3 is 2.45 bits per heavy atom. The lowest BCUT2D eigenvalue weighted by Crippen LogP contribution is -2.30. The molecule has 0 aliphatic carbocycles. The lowest BCUT2D eigenvalue weighted by atomic mass is 9.80. The number of amides is 1. The Hall–Kier alpha value is -1.63. The summed E-state index contributed by atoms with van der Waals surface area (Å²) in [6, 6.07) is 13.8. The van der Waals surface area contributed by atoms with Gasteiger partial charge in [-0.25, -0.2) is 0 Å². The van der Waals surface area contributed by atoms with Crippen LogP contribution in [0.5, 0.6) is 0 Å². The Morgan fingerprint density at radius 2 is 1.85 bits per heavy atom. The van der Waals surface area contributed by atoms with Crippen LogP contribution in [0, 0.1) is 0 Å². The van der Waals surface area contributed by atoms with Crippen molar-refractivity contribution in [3.8, 4) is 0 Å². The molecule has 0 aromatic heterocycles. The highest BCUT2D eigenvalue weighted by Crippen LogP contribution is 2.11. The average Bonchev–Trinajstić information content (AvgIpc) is 2.45. The molecule has 0 fully saturated rings. The second-order valence-corrected chi connectivity index (χ2v) is 5.22. The third-order valence-electron chi connectivity index (χ3n) is 2.81. The van der Waals surface area contributed by atoms with Crippen LogP contribution in [0.3, 0.4) is 0 Å². The summed E-state index contributed by atoms with van der Waals surface area (Å²) < 4.78 is 0.963. The van der Waals surface area contributed by atoms with Gasteiger partial charge in [-0.05, 0) is 35.3 Å². The summed E-state index contributed by atoms with van der Waals surface area (Å²) in [4.78, 5) is 11.9. The Labute approximate surface area is 125 Å². The second-order valence-electron chi connectivity index (χ2n) is 4.31. The van der Waals surface area contributed by atoms with Gasteiger partial charge in [0.1, 0.15) is 0 Å². The molecule has 0 saturated carbocycles. The van der Waals surface area contributed by atoms with Crippen LogP contribution < -0.4 is 10.8 Å². The minimum Gasteiger partial charge on any atom is -0.423 e. The van der Waals surface area contributed by atoms with Gasteiger partial charge in [-0.3, -0.25) is 4.79 Å². The number of hydrogen-bond acceptors (Lipinski definition) is 3. The normalized spacial score (nSPS) is 10.2. The Bertz CT molecular complexity index is 602. The lowest BCUT2D eigenvalue weighted by molar-refractivity contribution is 0.0951. The summed E-state index contributed by atoms with van der Waals surface area (Å²) in [6.45, 7) is 0.433. The van der Waals surface area contributed by atoms with Crippen molar-refractivity contribution in [1.82, 2.24) is 5.32 Å². The van der Waals surface area contributed by atoms with Crippen LogP contribution >= 0.6 is 15.9 Å². The van der Waals surface area contributed by atoms with E-state index >= 15 is 0 Å². The predicted molar refractivity (Wildman–Crippen MR) is 81.6 cm³/mol. The quantitative estimate of drug-likeness (QED) is 0.733. The molecule has 0 aliphatic rings. The molecule has 1 amide bonds. The van der Waals surface area contributed by atoms with Gasteiger partial charge in [0, 0.05) is 16.6 Å². The van der Waals surface area contributed by atoms with Crippen molar-refractivity contribution in [3.63, 3.8) is 0 Å². The van der Waals surface area contributed by atoms with E-state index in [1.807, 2.05) is 24.3 Å². The monoisotopic (exact) mass is 333 g/mol. The van der Waals surface area contributed by atoms with Crippen molar-refractivity contribution in [1.29, 1.82) is 0 Å². The zero-order chi connectivity index (χ0) is 14.5. The van der Waals surface area contributed by atoms with Crippen molar-refractivity contribution >= 4 is 34.4 Å². The van der Waals surface area contributed by atoms with Crippen molar-refractivity contribution in [3.05, 3.63) is 64.1 Å². The molecule has 0 radical (unpaired) electrons. The van der Waals surface area contributed by atoms with E-state index in [1.54, 1.807) is 12.1 Å². The molecule has 102 valence electrons. The topological polar surface area (TPSA) is 69.6 Å². The fraction of sp³-hybridized carbons (Fsp3) is 0.0714. The predicted octanol–water partition coefficient (Wildman–Crippen LogP) is 1.06. The van der Waals surface area contributed by atoms with E-state index in [4.69, 9.17) is 10.0 Å². The number of halogens is 1. The molecule has 20 heavy (non-hydrogen) atoms. The number of benzene rings is 2. The molecule has 0 bridgehead atoms. The third kappa shape index (κ3) is 3.93. The first-order chi connectivity index (χ1) is 9.56. The minimum absolute atomic E-state index is 0.205. The molecule has 2 aromatic rings. The largest absolute Gasteiger partial charge is 0.488 e. The Morgan fingerprint density at radius 1 is 1.15 bits per heavy atom. The number of nitrogens with one attached hydrogen (secondary N) is 1. The lowest BCUT2D eigenvalue weighted by Gasteiger charge is -2.06. The first-order valence-electron chi connectivity index (χ1n) is 6.05. The molecule has 0 atom stereocenters. The number of hydrogen-bond donors (Lipinski definition) is 3. The van der Waals surface area contributed by atoms with Gasteiger partial charge in [0.2, 0.25) is 0 Å². The van der Waals surface area contributed by atoms with Crippen LogP contribution in [0.1, 0.15) is 15.9 Å². The van der Waals surface area contributed by atoms with E-state index in [0.29, 0.717) is 17.6 Å². The number of carbonyl (C=O) groups excluding carboxylic acids is 1. The molecule has 2 aromatic carbocycles. The van der Waals surface area contributed by atoms with Gasteiger partial charge in [0.05, 0.1) is 0 Å². The highest BCUT2D eigenvalue weighted by atomic mass is 79.9. The molecule has 0 spiro atoms. The maximum atomic E-state index is 11.9. The van der Waals surface area contributed by atoms with E-state index in [9.17, 15) is 4.79 Å². The first-order valence-corrected chi connectivity index (χ1v) is 6.84. The zero-order valence-corrected chi connectivity index (χ0v) is 12.2. The zero-order valence-electron chi connectivity index (χ0n) is 10.6. The fourth-order valence-electron chi connectivity index (χ4n) is 1.74. The second kappa shape index (κ2) is 6.70. The van der Waals surface area contributed by atoms with Gasteiger partial charge in [-0.15, -0.1) is 0 Å². The van der Waals surface area contributed by atoms with E-state index in [2.05, 4.69) is 21.2 Å². The van der Waals surface area contributed by atoms with Crippen molar-refractivity contribution in [2.45, 2.75) is 6.54 Å². The molecular formula is C14H13BBrNO3. The van der Waals surface area contributed by atoms with Gasteiger partial charge in [0.25, 0.3) is 5.91 Å². The molecule has 6 heteroatoms. The maximum Gasteiger partial charge on any atom is 0.488 e. The summed E-state index contributed by atoms with van der Waals surface area (Å²) in [6.07, 6.45) is 0. The van der Waals surface area contributed by atoms with E-state index < -0.39 is 7.12 Å². The first kappa shape index (κ1) is 14.8. The molecule has 0 heterocycles. The van der Waals surface area contributed by atoms with Gasteiger partial charge in [-0.2, -0.15) is 0 Å². The smallest absolute Gasteiger partial charge is 0.423 e. The van der Waals surface area contributed by atoms with Gasteiger partial charge in [-0.1, -0.05) is 40.2 Å². The number of rotatable bonds is 4. The van der Waals surface area contributed by atoms with Crippen molar-refractivity contribution in [2.24, 2.45) is 0 Å². The van der Waals surface area contributed by atoms with Crippen LogP contribution in [0.2, 0.25) is 0 Å². The number of carbonyl (C=O) groups is 1. The highest BCUT2D eigenvalue weighted by Gasteiger charge is 2.11. The van der Waals surface area contributed by atoms with Crippen LogP contribution in [0.25, 0.3) is 0 Å². The summed E-state index contributed by atoms with van der Waals surface area (Å²) in [7, 11) is -1.52. The fourth-order valence-corrected chi connectivity index (χ4v) is 2.18. The van der Waals surface area contributed by atoms with Gasteiger partial charge < -0.3 is 15.4 Å². The van der Waals surface area contributed by atoms with Crippen molar-refractivity contribution in [2.75, 3.05) is 0 Å². The molecule has 0 saturated heterocycles. The van der Waals surface area contributed by atoms with Crippen LogP contribution in [0.4, 0.5) is 0 Å². The van der Waals surface area contributed by atoms with E-state index in [0.717, 1.165) is 10.0 Å². The van der Waals surface area contributed by atoms with Crippen LogP contribution in [-0.4, -0.2) is 23.1 Å². The maximum absolute atomic E-state index is 11.9. The van der Waals surface area contributed by atoms with Crippen LogP contribution in [-0.2, 0) is 6.54 Å². The SMILES string of the molecule is O=C(NCc1cccc(Br)c1)c1ccc(B(O)O)cc1. The average molecular weight is 334 g/mol. The highest BCUT2D eigenvalue weighted by molar-refractivity contribution is 9.10. The summed E-state index contributed by atoms with van der Waals surface area (Å²) in [5.74, 6) is -0.205. The van der Waals surface area contributed by atoms with Crippen molar-refractivity contribution < 1.29 is 14.8 Å². The van der Waals surface area contributed by atoms with E-state index in [-0.39, 0.29) is 5.91 Å². The molecule has 0 unspecified atom stereocenters. The van der Waals surface area contributed by atoms with Gasteiger partial charge in [0.15, 0.2) is 0 Å². The summed E-state index contributed by atoms with van der Waals surface area (Å²) >= 11 is 3.38. The molecule has 0 aliphatic heterocycles. The Kier molecular flexibility index (Phi) is 4.95. The third-order valence-corrected chi connectivity index (χ3v) is 3.31. The molecular weight excluding hydrogens is 321 g/mol. The summed E-state index contributed by atoms with van der Waals surface area (Å²) in [5.41, 5.74) is 1.83. The van der Waals surface area contributed by atoms with E-state index in [1.165, 1.54) is 12.1 Å². The Balaban J connectivity index is 1.98. The molecule has 4 nitrogen and oxygen atoms in total. The summed E-state index contributed by atoms with van der Waals surface area (Å²) in [5, 5.41) is 20.8. The standard InChI is InChI=1S/C14H13BBrNO3/c16-13-3-1-2-10(8-13)9-17-14(18)11-4-6-12(7-5-11)15(19)20/h1-8,19-20H,9H2,(H,17,18). The van der Waals surface area contributed by atoms with Gasteiger partial charge >= 0.3 is 7.12 Å². The molecule has 2 rings (SSSR count). The molecule has 3 N–H and O–H groups in total.